The van der Waals surface area contributed by atoms with Gasteiger partial charge in [0.05, 0.1) is 5.57 Å². The maximum absolute atomic E-state index is 12.5. The van der Waals surface area contributed by atoms with Gasteiger partial charge in [-0.05, 0) is 42.2 Å². The Morgan fingerprint density at radius 2 is 1.71 bits per heavy atom. The summed E-state index contributed by atoms with van der Waals surface area (Å²) in [4.78, 5) is 37.4. The Kier molecular flexibility index (Phi) is 6.04. The molecule has 0 unspecified atom stereocenters. The molecule has 5 nitrogen and oxygen atoms in total. The number of hydrogen-bond acceptors (Lipinski definition) is 4. The van der Waals surface area contributed by atoms with Crippen LogP contribution in [-0.4, -0.2) is 17.5 Å². The van der Waals surface area contributed by atoms with Crippen molar-refractivity contribution in [2.45, 2.75) is 38.5 Å². The van der Waals surface area contributed by atoms with Crippen molar-refractivity contribution in [3.63, 3.8) is 0 Å². The second-order valence-corrected chi connectivity index (χ2v) is 7.05. The third kappa shape index (κ3) is 4.36. The van der Waals surface area contributed by atoms with Crippen LogP contribution in [0.2, 0.25) is 0 Å². The lowest BCUT2D eigenvalue weighted by Crippen LogP contribution is -2.28. The molecule has 0 bridgehead atoms. The Morgan fingerprint density at radius 1 is 1.04 bits per heavy atom. The van der Waals surface area contributed by atoms with Gasteiger partial charge in [0.2, 0.25) is 0 Å². The summed E-state index contributed by atoms with van der Waals surface area (Å²) in [5.74, 6) is -0.783. The SMILES string of the molecule is CCCC(N)=C1C(=O)CC(c2cccc(NC(=O)c3ccccc3)c2)CC1=O. The van der Waals surface area contributed by atoms with Crippen LogP contribution in [-0.2, 0) is 9.59 Å². The van der Waals surface area contributed by atoms with Crippen LogP contribution in [0.5, 0.6) is 0 Å². The molecule has 3 rings (SSSR count). The lowest BCUT2D eigenvalue weighted by molar-refractivity contribution is -0.124. The number of nitrogens with one attached hydrogen (secondary N) is 1. The zero-order valence-electron chi connectivity index (χ0n) is 15.9. The Labute approximate surface area is 164 Å². The zero-order valence-corrected chi connectivity index (χ0v) is 15.9. The molecule has 0 radical (unpaired) electrons. The maximum atomic E-state index is 12.5. The average molecular weight is 376 g/mol. The minimum atomic E-state index is -0.203. The van der Waals surface area contributed by atoms with Crippen LogP contribution < -0.4 is 11.1 Å². The van der Waals surface area contributed by atoms with Gasteiger partial charge in [0.1, 0.15) is 0 Å². The predicted molar refractivity (Wildman–Crippen MR) is 109 cm³/mol. The minimum Gasteiger partial charge on any atom is -0.401 e. The van der Waals surface area contributed by atoms with Crippen LogP contribution in [0.25, 0.3) is 0 Å². The van der Waals surface area contributed by atoms with Crippen LogP contribution in [0.4, 0.5) is 5.69 Å². The molecule has 2 aromatic carbocycles. The van der Waals surface area contributed by atoms with E-state index in [1.165, 1.54) is 0 Å². The first-order chi connectivity index (χ1) is 13.5. The van der Waals surface area contributed by atoms with Crippen LogP contribution in [0, 0.1) is 0 Å². The summed E-state index contributed by atoms with van der Waals surface area (Å²) < 4.78 is 0. The third-order valence-corrected chi connectivity index (χ3v) is 4.91. The van der Waals surface area contributed by atoms with Crippen molar-refractivity contribution < 1.29 is 14.4 Å². The first kappa shape index (κ1) is 19.5. The summed E-state index contributed by atoms with van der Waals surface area (Å²) in [6.45, 7) is 1.96. The van der Waals surface area contributed by atoms with Crippen LogP contribution in [0.1, 0.15) is 54.4 Å². The van der Waals surface area contributed by atoms with E-state index in [9.17, 15) is 14.4 Å². The van der Waals surface area contributed by atoms with Crippen LogP contribution in [0.3, 0.4) is 0 Å². The van der Waals surface area contributed by atoms with Crippen molar-refractivity contribution in [1.29, 1.82) is 0 Å². The Balaban J connectivity index is 1.76. The van der Waals surface area contributed by atoms with Gasteiger partial charge in [-0.3, -0.25) is 14.4 Å². The van der Waals surface area contributed by atoms with Crippen LogP contribution in [0.15, 0.2) is 65.9 Å². The van der Waals surface area contributed by atoms with Gasteiger partial charge in [0, 0.05) is 29.8 Å². The van der Waals surface area contributed by atoms with E-state index in [-0.39, 0.29) is 41.8 Å². The number of Topliss-reactive ketones (excluding diaryl/α,β-unsaturated/α-hetero) is 2. The summed E-state index contributed by atoms with van der Waals surface area (Å²) in [5, 5.41) is 2.87. The molecular weight excluding hydrogens is 352 g/mol. The summed E-state index contributed by atoms with van der Waals surface area (Å²) in [6.07, 6.45) is 1.85. The van der Waals surface area contributed by atoms with E-state index in [2.05, 4.69) is 5.32 Å². The standard InChI is InChI=1S/C23H24N2O3/c1-2-7-19(24)22-20(26)13-17(14-21(22)27)16-10-6-11-18(12-16)25-23(28)15-8-4-3-5-9-15/h3-6,8-12,17H,2,7,13-14,24H2,1H3,(H,25,28). The van der Waals surface area contributed by atoms with Crippen molar-refractivity contribution in [2.75, 3.05) is 5.32 Å². The molecule has 1 amide bonds. The highest BCUT2D eigenvalue weighted by Crippen LogP contribution is 2.33. The predicted octanol–water partition coefficient (Wildman–Crippen LogP) is 3.97. The summed E-state index contributed by atoms with van der Waals surface area (Å²) in [5.41, 5.74) is 8.60. The maximum Gasteiger partial charge on any atom is 0.255 e. The molecule has 0 heterocycles. The summed E-state index contributed by atoms with van der Waals surface area (Å²) in [6, 6.07) is 16.3. The van der Waals surface area contributed by atoms with E-state index in [0.29, 0.717) is 23.4 Å². The topological polar surface area (TPSA) is 89.3 Å². The van der Waals surface area contributed by atoms with Crippen molar-refractivity contribution in [3.05, 3.63) is 77.0 Å². The number of benzene rings is 2. The minimum absolute atomic E-state index is 0.187. The lowest BCUT2D eigenvalue weighted by atomic mass is 9.79. The van der Waals surface area contributed by atoms with Crippen molar-refractivity contribution in [3.8, 4) is 0 Å². The van der Waals surface area contributed by atoms with E-state index in [1.54, 1.807) is 30.3 Å². The quantitative estimate of drug-likeness (QED) is 0.610. The number of amides is 1. The highest BCUT2D eigenvalue weighted by molar-refractivity contribution is 6.22. The van der Waals surface area contributed by atoms with E-state index >= 15 is 0 Å². The normalized spacial score (nSPS) is 16.8. The molecule has 0 aliphatic heterocycles. The Morgan fingerprint density at radius 3 is 2.36 bits per heavy atom. The molecular formula is C23H24N2O3. The summed E-state index contributed by atoms with van der Waals surface area (Å²) in [7, 11) is 0. The van der Waals surface area contributed by atoms with Crippen molar-refractivity contribution >= 4 is 23.2 Å². The van der Waals surface area contributed by atoms with Crippen molar-refractivity contribution in [2.24, 2.45) is 5.73 Å². The van der Waals surface area contributed by atoms with Gasteiger partial charge in [-0.1, -0.05) is 43.7 Å². The molecule has 28 heavy (non-hydrogen) atoms. The number of ketones is 2. The first-order valence-corrected chi connectivity index (χ1v) is 9.51. The third-order valence-electron chi connectivity index (χ3n) is 4.91. The highest BCUT2D eigenvalue weighted by Gasteiger charge is 2.33. The first-order valence-electron chi connectivity index (χ1n) is 9.51. The highest BCUT2D eigenvalue weighted by atomic mass is 16.2. The van der Waals surface area contributed by atoms with Gasteiger partial charge in [0.15, 0.2) is 11.6 Å². The fraction of sp³-hybridized carbons (Fsp3) is 0.261. The van der Waals surface area contributed by atoms with Crippen molar-refractivity contribution in [1.82, 2.24) is 0 Å². The zero-order chi connectivity index (χ0) is 20.1. The molecule has 1 aliphatic rings. The average Bonchev–Trinajstić information content (AvgIpc) is 2.68. The second kappa shape index (κ2) is 8.65. The fourth-order valence-electron chi connectivity index (χ4n) is 3.53. The molecule has 0 spiro atoms. The number of anilines is 1. The monoisotopic (exact) mass is 376 g/mol. The Bertz CT molecular complexity index is 912. The van der Waals surface area contributed by atoms with Crippen LogP contribution >= 0.6 is 0 Å². The molecule has 2 aromatic rings. The molecule has 5 heteroatoms. The largest absolute Gasteiger partial charge is 0.401 e. The number of hydrogen-bond donors (Lipinski definition) is 2. The molecule has 0 aromatic heterocycles. The molecule has 0 atom stereocenters. The van der Waals surface area contributed by atoms with Gasteiger partial charge in [-0.2, -0.15) is 0 Å². The Hall–Kier alpha value is -3.21. The smallest absolute Gasteiger partial charge is 0.255 e. The fourth-order valence-corrected chi connectivity index (χ4v) is 3.53. The van der Waals surface area contributed by atoms with Gasteiger partial charge < -0.3 is 11.1 Å². The van der Waals surface area contributed by atoms with Gasteiger partial charge >= 0.3 is 0 Å². The molecule has 1 saturated carbocycles. The van der Waals surface area contributed by atoms with E-state index in [0.717, 1.165) is 12.0 Å². The molecule has 1 aliphatic carbocycles. The molecule has 1 fully saturated rings. The second-order valence-electron chi connectivity index (χ2n) is 7.05. The number of nitrogens with two attached hydrogens (primary N) is 1. The lowest BCUT2D eigenvalue weighted by Gasteiger charge is -2.24. The molecule has 0 saturated heterocycles. The number of carbonyl (C=O) groups is 3. The number of allylic oxidation sites excluding steroid dienone is 2. The van der Waals surface area contributed by atoms with Gasteiger partial charge in [0.25, 0.3) is 5.91 Å². The number of rotatable bonds is 5. The molecule has 3 N–H and O–H groups in total. The van der Waals surface area contributed by atoms with E-state index in [4.69, 9.17) is 5.73 Å². The molecule has 144 valence electrons. The van der Waals surface area contributed by atoms with E-state index < -0.39 is 0 Å². The number of carbonyl (C=O) groups excluding carboxylic acids is 3. The van der Waals surface area contributed by atoms with Gasteiger partial charge in [-0.25, -0.2) is 0 Å². The van der Waals surface area contributed by atoms with E-state index in [1.807, 2.05) is 31.2 Å². The summed E-state index contributed by atoms with van der Waals surface area (Å²) >= 11 is 0. The van der Waals surface area contributed by atoms with Gasteiger partial charge in [-0.15, -0.1) is 0 Å².